The van der Waals surface area contributed by atoms with E-state index in [1.165, 1.54) is 0 Å². The van der Waals surface area contributed by atoms with E-state index in [0.29, 0.717) is 17.8 Å². The van der Waals surface area contributed by atoms with E-state index in [0.717, 1.165) is 25.7 Å². The van der Waals surface area contributed by atoms with Gasteiger partial charge in [-0.05, 0) is 77.1 Å². The highest BCUT2D eigenvalue weighted by Gasteiger charge is 2.51. The van der Waals surface area contributed by atoms with Crippen molar-refractivity contribution >= 4 is 8.98 Å². The highest BCUT2D eigenvalue weighted by Crippen LogP contribution is 2.43. The van der Waals surface area contributed by atoms with Crippen LogP contribution < -0.4 is 0 Å². The van der Waals surface area contributed by atoms with Crippen molar-refractivity contribution in [1.29, 1.82) is 1.28 Å². The molecule has 0 aromatic rings. The predicted octanol–water partition coefficient (Wildman–Crippen LogP) is 8.53. The average Bonchev–Trinajstić information content (AvgIpc) is 3.06. The van der Waals surface area contributed by atoms with E-state index in [1.54, 1.807) is 0 Å². The van der Waals surface area contributed by atoms with Crippen LogP contribution >= 0.6 is 8.98 Å². The van der Waals surface area contributed by atoms with Gasteiger partial charge in [-0.2, -0.15) is 0 Å². The van der Waals surface area contributed by atoms with Crippen LogP contribution in [0.25, 0.3) is 0 Å². The lowest BCUT2D eigenvalue weighted by atomic mass is 9.80. The summed E-state index contributed by atoms with van der Waals surface area (Å²) < 4.78 is 59.6. The van der Waals surface area contributed by atoms with Crippen LogP contribution in [-0.4, -0.2) is 75.0 Å². The zero-order valence-electron chi connectivity index (χ0n) is 32.1. The summed E-state index contributed by atoms with van der Waals surface area (Å²) in [5, 5.41) is 0. The molecular formula is C37H68NO7P. The molecule has 0 saturated carbocycles. The maximum absolute atomic E-state index is 7.81. The molecule has 268 valence electrons. The zero-order chi connectivity index (χ0) is 34.7. The Hall–Kier alpha value is -0.180. The fourth-order valence-electron chi connectivity index (χ4n) is 8.47. The van der Waals surface area contributed by atoms with Gasteiger partial charge in [-0.1, -0.05) is 83.1 Å². The molecule has 8 nitrogen and oxygen atoms in total. The Balaban J connectivity index is 1.45. The predicted molar refractivity (Wildman–Crippen MR) is 184 cm³/mol. The largest absolute Gasteiger partial charge is 0.372 e. The lowest BCUT2D eigenvalue weighted by Gasteiger charge is -2.51. The lowest BCUT2D eigenvalue weighted by Crippen LogP contribution is -2.59. The summed E-state index contributed by atoms with van der Waals surface area (Å²) in [7, 11) is 0.263. The van der Waals surface area contributed by atoms with E-state index in [4.69, 9.17) is 34.4 Å². The molecule has 4 aliphatic heterocycles. The van der Waals surface area contributed by atoms with Gasteiger partial charge in [-0.15, -0.1) is 0 Å². The van der Waals surface area contributed by atoms with Crippen molar-refractivity contribution < 1.29 is 33.2 Å². The molecule has 20 atom stereocenters. The Labute approximate surface area is 284 Å². The Kier molecular flexibility index (Phi) is 13.5. The molecule has 4 rings (SSSR count). The summed E-state index contributed by atoms with van der Waals surface area (Å²) >= 11 is 0. The van der Waals surface area contributed by atoms with Crippen LogP contribution in [0.4, 0.5) is 0 Å². The molecule has 0 aliphatic carbocycles. The first-order chi connectivity index (χ1) is 22.3. The van der Waals surface area contributed by atoms with Gasteiger partial charge in [0.25, 0.3) is 0 Å². The number of hydrogen-bond donors (Lipinski definition) is 0. The van der Waals surface area contributed by atoms with Crippen molar-refractivity contribution in [2.24, 2.45) is 52.1 Å². The summed E-state index contributed by atoms with van der Waals surface area (Å²) in [5.41, 5.74) is 0. The van der Waals surface area contributed by atoms with E-state index in [1.807, 2.05) is 0 Å². The number of hydrogen-bond acceptors (Lipinski definition) is 8. The van der Waals surface area contributed by atoms with E-state index >= 15 is 0 Å². The van der Waals surface area contributed by atoms with Crippen LogP contribution in [0.3, 0.4) is 0 Å². The second-order valence-corrected chi connectivity index (χ2v) is 15.7. The summed E-state index contributed by atoms with van der Waals surface area (Å²) in [5.74, 6) is 2.06. The van der Waals surface area contributed by atoms with Crippen LogP contribution in [0.2, 0.25) is 0 Å². The van der Waals surface area contributed by atoms with E-state index in [9.17, 15) is 0 Å². The molecule has 4 fully saturated rings. The van der Waals surface area contributed by atoms with E-state index in [2.05, 4.69) is 94.8 Å². The molecular weight excluding hydrogens is 601 g/mol. The van der Waals surface area contributed by atoms with Crippen molar-refractivity contribution in [3.8, 4) is 0 Å². The summed E-state index contributed by atoms with van der Waals surface area (Å²) in [4.78, 5) is 0. The minimum atomic E-state index is -0.483. The molecule has 0 radical (unpaired) electrons. The Morgan fingerprint density at radius 3 is 1.30 bits per heavy atom. The third kappa shape index (κ3) is 7.75. The summed E-state index contributed by atoms with van der Waals surface area (Å²) in [6, 6.07) is -0.175. The van der Waals surface area contributed by atoms with Gasteiger partial charge in [-0.25, -0.2) is 0 Å². The van der Waals surface area contributed by atoms with Crippen LogP contribution in [-0.2, 0) is 33.2 Å². The third-order valence-electron chi connectivity index (χ3n) is 12.9. The number of rotatable bonds is 11. The quantitative estimate of drug-likeness (QED) is 0.204. The van der Waals surface area contributed by atoms with Gasteiger partial charge in [0.1, 0.15) is 7.32 Å². The molecule has 4 saturated heterocycles. The second-order valence-electron chi connectivity index (χ2n) is 15.4. The maximum atomic E-state index is 7.81. The molecule has 4 heterocycles. The monoisotopic (exact) mass is 672 g/mol. The Morgan fingerprint density at radius 1 is 0.478 bits per heavy atom. The van der Waals surface area contributed by atoms with Crippen molar-refractivity contribution in [1.82, 2.24) is 0 Å². The highest BCUT2D eigenvalue weighted by atomic mass is 31.0. The molecule has 0 bridgehead atoms. The zero-order valence-corrected chi connectivity index (χ0v) is 32.0. The van der Waals surface area contributed by atoms with Crippen LogP contribution in [0.1, 0.15) is 116 Å². The smallest absolute Gasteiger partial charge is 0.181 e. The lowest BCUT2D eigenvalue weighted by molar-refractivity contribution is -0.352. The highest BCUT2D eigenvalue weighted by molar-refractivity contribution is 7.04. The molecule has 0 N–H and O–H groups in total. The number of ether oxygens (including phenoxy) is 7. The number of nitrogens with zero attached hydrogens (tertiary/aromatic N) is 1. The van der Waals surface area contributed by atoms with Crippen molar-refractivity contribution in [3.63, 3.8) is 0 Å². The van der Waals surface area contributed by atoms with Gasteiger partial charge < -0.3 is 33.2 Å². The van der Waals surface area contributed by atoms with Crippen molar-refractivity contribution in [2.45, 2.75) is 189 Å². The molecule has 46 heavy (non-hydrogen) atoms. The normalized spacial score (nSPS) is 52.5. The SMILES string of the molecule is [4H]/P=N\[C@H]1C(C)[C@H](C)C(CC)O[C@H]1O[C@@H]1C(CC)O[C@@H](O[C@@H]2C(CC)O[C@@H](O[C@@H]3C(CC)O[C@@H](C)[C@@H](C)C3C)[C@@H](C)C2C)[C@@H](C)C1C. The molecule has 0 spiro atoms. The first-order valence-electron chi connectivity index (χ1n) is 19.2. The van der Waals surface area contributed by atoms with Gasteiger partial charge in [0.2, 0.25) is 0 Å². The van der Waals surface area contributed by atoms with Gasteiger partial charge in [0.15, 0.2) is 18.9 Å². The molecule has 9 heteroatoms. The molecule has 4 aliphatic rings. The maximum Gasteiger partial charge on any atom is 0.181 e. The van der Waals surface area contributed by atoms with Crippen LogP contribution in [0, 0.1) is 47.3 Å². The second kappa shape index (κ2) is 16.7. The average molecular weight is 673 g/mol. The third-order valence-corrected chi connectivity index (χ3v) is 13.2. The Morgan fingerprint density at radius 2 is 0.870 bits per heavy atom. The van der Waals surface area contributed by atoms with Crippen molar-refractivity contribution in [3.05, 3.63) is 0 Å². The standard InChI is InChI=1S/C37H68NO7P/c1-14-27-19(6)20(7)31(38-46)37(40-27)45-34-23(10)25(12)36(42-30(34)17-4)44-33-22(9)24(11)35(41-29(33)16-3)43-32-21(8)18(5)26(13)39-28(32)15-2/h18-37,46H,14-17H2,1-13H3/t18-,19-,20?,21?,22?,23?,24-,25-,26-,27?,28?,29?,30?,31-,32-,33-,34-,35-,36-,37-/m0/s1. The van der Waals surface area contributed by atoms with Gasteiger partial charge >= 0.3 is 0 Å². The summed E-state index contributed by atoms with van der Waals surface area (Å²) in [6.07, 6.45) is 2.22. The fraction of sp³-hybridized carbons (Fsp3) is 1.00. The van der Waals surface area contributed by atoms with Crippen LogP contribution in [0.5, 0.6) is 0 Å². The summed E-state index contributed by atoms with van der Waals surface area (Å²) in [6.45, 7) is 28.9. The van der Waals surface area contributed by atoms with Gasteiger partial charge in [0.05, 0.1) is 48.8 Å². The van der Waals surface area contributed by atoms with Crippen molar-refractivity contribution in [2.75, 3.05) is 0 Å². The van der Waals surface area contributed by atoms with Gasteiger partial charge in [-0.3, -0.25) is 4.74 Å². The molecule has 0 amide bonds. The Bertz CT molecular complexity index is 988. The molecule has 8 unspecified atom stereocenters. The minimum absolute atomic E-state index is 0.00520. The molecule has 0 aromatic heterocycles. The fourth-order valence-corrected chi connectivity index (χ4v) is 8.79. The topological polar surface area (TPSA) is 77.0 Å². The van der Waals surface area contributed by atoms with Gasteiger partial charge in [0, 0.05) is 11.8 Å². The molecule has 0 aromatic carbocycles. The first-order valence-corrected chi connectivity index (χ1v) is 19.1. The van der Waals surface area contributed by atoms with E-state index < -0.39 is 6.29 Å². The minimum Gasteiger partial charge on any atom is -0.372 e. The van der Waals surface area contributed by atoms with E-state index in [-0.39, 0.29) is 106 Å². The van der Waals surface area contributed by atoms with Crippen LogP contribution in [0.15, 0.2) is 4.74 Å². The first kappa shape index (κ1) is 37.1.